The van der Waals surface area contributed by atoms with Crippen molar-refractivity contribution in [2.24, 2.45) is 0 Å². The first-order valence-electron chi connectivity index (χ1n) is 11.7. The Morgan fingerprint density at radius 3 is 2.16 bits per heavy atom. The summed E-state index contributed by atoms with van der Waals surface area (Å²) in [5.41, 5.74) is 1.07. The molecule has 0 spiro atoms. The second-order valence-electron chi connectivity index (χ2n) is 8.19. The lowest BCUT2D eigenvalue weighted by Crippen LogP contribution is -2.50. The summed E-state index contributed by atoms with van der Waals surface area (Å²) in [5.74, 6) is -0.371. The van der Waals surface area contributed by atoms with Crippen LogP contribution in [0.3, 0.4) is 0 Å². The van der Waals surface area contributed by atoms with E-state index in [1.807, 2.05) is 6.92 Å². The summed E-state index contributed by atoms with van der Waals surface area (Å²) in [6, 6.07) is 20.5. The Kier molecular flexibility index (Phi) is 9.54. The third kappa shape index (κ3) is 7.02. The van der Waals surface area contributed by atoms with E-state index in [0.717, 1.165) is 9.87 Å². The number of para-hydroxylation sites is 1. The topological polar surface area (TPSA) is 96.0 Å². The third-order valence-electron chi connectivity index (χ3n) is 5.73. The monoisotopic (exact) mass is 543 g/mol. The van der Waals surface area contributed by atoms with Crippen molar-refractivity contribution in [1.82, 2.24) is 10.2 Å². The number of ether oxygens (including phenoxy) is 1. The van der Waals surface area contributed by atoms with Gasteiger partial charge in [0.05, 0.1) is 17.2 Å². The average molecular weight is 544 g/mol. The fraction of sp³-hybridized carbons (Fsp3) is 0.259. The first kappa shape index (κ1) is 28.0. The Labute approximate surface area is 222 Å². The number of likely N-dealkylation sites (N-methyl/N-ethyl adjacent to an activating group) is 1. The lowest BCUT2D eigenvalue weighted by molar-refractivity contribution is -0.139. The molecule has 10 heteroatoms. The molecule has 196 valence electrons. The van der Waals surface area contributed by atoms with Crippen LogP contribution in [-0.4, -0.2) is 51.4 Å². The molecule has 37 heavy (non-hydrogen) atoms. The summed E-state index contributed by atoms with van der Waals surface area (Å²) in [6.07, 6.45) is 0. The number of rotatable bonds is 11. The molecule has 0 bridgehead atoms. The minimum absolute atomic E-state index is 0.0104. The third-order valence-corrected chi connectivity index (χ3v) is 7.77. The molecule has 0 saturated carbocycles. The number of anilines is 1. The van der Waals surface area contributed by atoms with Gasteiger partial charge in [0.15, 0.2) is 0 Å². The molecule has 0 fully saturated rings. The minimum atomic E-state index is -4.13. The van der Waals surface area contributed by atoms with Crippen molar-refractivity contribution < 1.29 is 22.7 Å². The fourth-order valence-corrected chi connectivity index (χ4v) is 5.24. The lowest BCUT2D eigenvalue weighted by atomic mass is 10.1. The Morgan fingerprint density at radius 2 is 1.59 bits per heavy atom. The van der Waals surface area contributed by atoms with Crippen LogP contribution in [0.15, 0.2) is 83.8 Å². The molecule has 0 aliphatic rings. The normalized spacial score (nSPS) is 11.9. The van der Waals surface area contributed by atoms with Gasteiger partial charge in [-0.1, -0.05) is 41.9 Å². The van der Waals surface area contributed by atoms with E-state index in [9.17, 15) is 18.0 Å². The van der Waals surface area contributed by atoms with Gasteiger partial charge in [0, 0.05) is 18.6 Å². The number of hydrogen-bond donors (Lipinski definition) is 1. The van der Waals surface area contributed by atoms with E-state index in [2.05, 4.69) is 5.32 Å². The van der Waals surface area contributed by atoms with Crippen LogP contribution in [0.1, 0.15) is 19.4 Å². The Bertz CT molecular complexity index is 1300. The molecule has 3 rings (SSSR count). The molecule has 0 aromatic heterocycles. The zero-order valence-corrected chi connectivity index (χ0v) is 22.5. The number of nitrogens with zero attached hydrogens (tertiary/aromatic N) is 2. The summed E-state index contributed by atoms with van der Waals surface area (Å²) in [4.78, 5) is 27.5. The Hall–Kier alpha value is -3.56. The number of nitrogens with one attached hydrogen (secondary N) is 1. The largest absolute Gasteiger partial charge is 0.494 e. The van der Waals surface area contributed by atoms with E-state index < -0.39 is 28.5 Å². The van der Waals surface area contributed by atoms with Gasteiger partial charge in [-0.25, -0.2) is 8.42 Å². The molecule has 8 nitrogen and oxygen atoms in total. The van der Waals surface area contributed by atoms with E-state index in [-0.39, 0.29) is 17.3 Å². The maximum Gasteiger partial charge on any atom is 0.264 e. The molecule has 3 aromatic carbocycles. The van der Waals surface area contributed by atoms with E-state index in [0.29, 0.717) is 23.1 Å². The van der Waals surface area contributed by atoms with Crippen LogP contribution in [0.4, 0.5) is 5.69 Å². The molecule has 0 aliphatic carbocycles. The van der Waals surface area contributed by atoms with E-state index in [1.165, 1.54) is 24.1 Å². The van der Waals surface area contributed by atoms with Crippen LogP contribution < -0.4 is 14.4 Å². The van der Waals surface area contributed by atoms with Gasteiger partial charge in [-0.15, -0.1) is 0 Å². The molecule has 0 radical (unpaired) electrons. The van der Waals surface area contributed by atoms with Crippen LogP contribution >= 0.6 is 11.6 Å². The second-order valence-corrected chi connectivity index (χ2v) is 10.5. The van der Waals surface area contributed by atoms with Crippen molar-refractivity contribution >= 4 is 39.1 Å². The number of amides is 2. The summed E-state index contributed by atoms with van der Waals surface area (Å²) >= 11 is 5.99. The maximum absolute atomic E-state index is 13.7. The second kappa shape index (κ2) is 12.6. The highest BCUT2D eigenvalue weighted by Crippen LogP contribution is 2.26. The zero-order valence-electron chi connectivity index (χ0n) is 20.9. The number of carbonyl (C=O) groups excluding carboxylic acids is 2. The smallest absolute Gasteiger partial charge is 0.264 e. The van der Waals surface area contributed by atoms with Gasteiger partial charge in [-0.3, -0.25) is 13.9 Å². The predicted molar refractivity (Wildman–Crippen MR) is 144 cm³/mol. The highest BCUT2D eigenvalue weighted by atomic mass is 35.5. The number of benzene rings is 3. The lowest BCUT2D eigenvalue weighted by Gasteiger charge is -2.31. The van der Waals surface area contributed by atoms with Crippen LogP contribution in [0, 0.1) is 0 Å². The number of sulfonamides is 1. The van der Waals surface area contributed by atoms with Crippen LogP contribution in [-0.2, 0) is 26.2 Å². The van der Waals surface area contributed by atoms with Crippen molar-refractivity contribution in [1.29, 1.82) is 0 Å². The van der Waals surface area contributed by atoms with Crippen molar-refractivity contribution in [3.05, 3.63) is 89.4 Å². The van der Waals surface area contributed by atoms with Crippen LogP contribution in [0.25, 0.3) is 0 Å². The van der Waals surface area contributed by atoms with Crippen LogP contribution in [0.5, 0.6) is 5.75 Å². The van der Waals surface area contributed by atoms with Crippen molar-refractivity contribution in [2.45, 2.75) is 31.3 Å². The van der Waals surface area contributed by atoms with Gasteiger partial charge in [0.1, 0.15) is 18.3 Å². The summed E-state index contributed by atoms with van der Waals surface area (Å²) in [5, 5.41) is 3.09. The molecular formula is C27H30ClN3O5S. The standard InChI is InChI=1S/C27H30ClN3O5S/c1-4-36-24-14-16-25(17-15-24)37(34,35)31(23-8-6-5-7-9-23)19-26(32)30(20(2)27(33)29-3)18-21-10-12-22(28)13-11-21/h5-17,20H,4,18-19H2,1-3H3,(H,29,33)/t20-/m0/s1. The molecular weight excluding hydrogens is 514 g/mol. The number of carbonyl (C=O) groups is 2. The zero-order chi connectivity index (χ0) is 27.0. The highest BCUT2D eigenvalue weighted by Gasteiger charge is 2.32. The first-order chi connectivity index (χ1) is 17.7. The van der Waals surface area contributed by atoms with Gasteiger partial charge in [-0.2, -0.15) is 0 Å². The van der Waals surface area contributed by atoms with Crippen molar-refractivity contribution in [3.63, 3.8) is 0 Å². The minimum Gasteiger partial charge on any atom is -0.494 e. The average Bonchev–Trinajstić information content (AvgIpc) is 2.91. The van der Waals surface area contributed by atoms with Crippen molar-refractivity contribution in [3.8, 4) is 5.75 Å². The Morgan fingerprint density at radius 1 is 0.973 bits per heavy atom. The Balaban J connectivity index is 1.98. The van der Waals surface area contributed by atoms with Crippen LogP contribution in [0.2, 0.25) is 5.02 Å². The summed E-state index contributed by atoms with van der Waals surface area (Å²) < 4.78 is 33.9. The van der Waals surface area contributed by atoms with Gasteiger partial charge in [0.2, 0.25) is 11.8 Å². The van der Waals surface area contributed by atoms with Gasteiger partial charge in [0.25, 0.3) is 10.0 Å². The molecule has 2 amide bonds. The SMILES string of the molecule is CCOc1ccc(S(=O)(=O)N(CC(=O)N(Cc2ccc(Cl)cc2)[C@@H](C)C(=O)NC)c2ccccc2)cc1. The molecule has 3 aromatic rings. The quantitative estimate of drug-likeness (QED) is 0.393. The van der Waals surface area contributed by atoms with E-state index in [4.69, 9.17) is 16.3 Å². The first-order valence-corrected chi connectivity index (χ1v) is 13.5. The summed E-state index contributed by atoms with van der Waals surface area (Å²) in [7, 11) is -2.65. The van der Waals surface area contributed by atoms with Gasteiger partial charge >= 0.3 is 0 Å². The molecule has 1 N–H and O–H groups in total. The molecule has 0 saturated heterocycles. The van der Waals surface area contributed by atoms with E-state index >= 15 is 0 Å². The highest BCUT2D eigenvalue weighted by molar-refractivity contribution is 7.92. The summed E-state index contributed by atoms with van der Waals surface area (Å²) in [6.45, 7) is 3.47. The maximum atomic E-state index is 13.7. The number of hydrogen-bond acceptors (Lipinski definition) is 5. The molecule has 1 atom stereocenters. The molecule has 0 unspecified atom stereocenters. The van der Waals surface area contributed by atoms with Crippen molar-refractivity contribution in [2.75, 3.05) is 24.5 Å². The molecule has 0 heterocycles. The fourth-order valence-electron chi connectivity index (χ4n) is 3.70. The van der Waals surface area contributed by atoms with Gasteiger partial charge < -0.3 is 15.0 Å². The molecule has 0 aliphatic heterocycles. The predicted octanol–water partition coefficient (Wildman–Crippen LogP) is 4.10. The van der Waals surface area contributed by atoms with Gasteiger partial charge in [-0.05, 0) is 67.9 Å². The number of halogens is 1. The van der Waals surface area contributed by atoms with E-state index in [1.54, 1.807) is 73.7 Å².